The van der Waals surface area contributed by atoms with Crippen molar-refractivity contribution in [2.45, 2.75) is 18.9 Å². The summed E-state index contributed by atoms with van der Waals surface area (Å²) in [6, 6.07) is 7.36. The number of benzene rings is 1. The van der Waals surface area contributed by atoms with E-state index < -0.39 is 5.97 Å². The van der Waals surface area contributed by atoms with E-state index in [0.717, 1.165) is 29.4 Å². The Hall–Kier alpha value is -3.68. The lowest BCUT2D eigenvalue weighted by Gasteiger charge is -2.15. The molecule has 0 spiro atoms. The second kappa shape index (κ2) is 7.98. The van der Waals surface area contributed by atoms with Gasteiger partial charge >= 0.3 is 5.97 Å². The van der Waals surface area contributed by atoms with Crippen molar-refractivity contribution in [3.8, 4) is 16.9 Å². The molecule has 3 aromatic rings. The van der Waals surface area contributed by atoms with Crippen LogP contribution in [-0.2, 0) is 4.74 Å². The molecule has 2 N–H and O–H groups in total. The van der Waals surface area contributed by atoms with E-state index in [1.807, 2.05) is 12.1 Å². The van der Waals surface area contributed by atoms with Gasteiger partial charge in [0.2, 0.25) is 0 Å². The summed E-state index contributed by atoms with van der Waals surface area (Å²) < 4.78 is 10.3. The Bertz CT molecular complexity index is 1120. The quantitative estimate of drug-likeness (QED) is 0.607. The van der Waals surface area contributed by atoms with Crippen LogP contribution in [0.5, 0.6) is 5.75 Å². The van der Waals surface area contributed by atoms with Crippen LogP contribution < -0.4 is 15.4 Å². The fraction of sp³-hybridized carbons (Fsp3) is 0.273. The summed E-state index contributed by atoms with van der Waals surface area (Å²) >= 11 is 0. The number of nitrogens with one attached hydrogen (secondary N) is 2. The highest BCUT2D eigenvalue weighted by molar-refractivity contribution is 6.08. The number of carbonyl (C=O) groups is 2. The van der Waals surface area contributed by atoms with Crippen LogP contribution in [0.3, 0.4) is 0 Å². The Labute approximate surface area is 173 Å². The molecule has 0 atom stereocenters. The number of ether oxygens (including phenoxy) is 2. The number of hydrogen-bond acceptors (Lipinski definition) is 7. The summed E-state index contributed by atoms with van der Waals surface area (Å²) in [6.07, 6.45) is 5.19. The normalized spacial score (nSPS) is 13.0. The van der Waals surface area contributed by atoms with Gasteiger partial charge in [0.1, 0.15) is 11.4 Å². The summed E-state index contributed by atoms with van der Waals surface area (Å²) in [5.74, 6) is -0.0300. The van der Waals surface area contributed by atoms with E-state index in [-0.39, 0.29) is 17.6 Å². The maximum atomic E-state index is 12.7. The number of esters is 1. The van der Waals surface area contributed by atoms with Crippen molar-refractivity contribution in [1.82, 2.24) is 15.3 Å². The second-order valence-electron chi connectivity index (χ2n) is 7.04. The van der Waals surface area contributed by atoms with E-state index in [2.05, 4.69) is 20.6 Å². The van der Waals surface area contributed by atoms with E-state index in [1.165, 1.54) is 7.11 Å². The van der Waals surface area contributed by atoms with Gasteiger partial charge in [-0.2, -0.15) is 0 Å². The summed E-state index contributed by atoms with van der Waals surface area (Å²) in [6.45, 7) is 0. The highest BCUT2D eigenvalue weighted by atomic mass is 16.5. The summed E-state index contributed by atoms with van der Waals surface area (Å²) in [4.78, 5) is 33.0. The molecule has 8 heteroatoms. The lowest BCUT2D eigenvalue weighted by Crippen LogP contribution is -2.26. The van der Waals surface area contributed by atoms with Gasteiger partial charge in [-0.3, -0.25) is 9.78 Å². The molecule has 0 bridgehead atoms. The Balaban J connectivity index is 1.82. The minimum atomic E-state index is -0.500. The Morgan fingerprint density at radius 1 is 1.10 bits per heavy atom. The van der Waals surface area contributed by atoms with Crippen LogP contribution >= 0.6 is 0 Å². The second-order valence-corrected chi connectivity index (χ2v) is 7.04. The van der Waals surface area contributed by atoms with Crippen LogP contribution in [-0.4, -0.2) is 49.2 Å². The van der Waals surface area contributed by atoms with Crippen LogP contribution in [0.15, 0.2) is 36.7 Å². The fourth-order valence-corrected chi connectivity index (χ4v) is 3.33. The molecule has 154 valence electrons. The maximum Gasteiger partial charge on any atom is 0.356 e. The first-order valence-corrected chi connectivity index (χ1v) is 9.59. The molecule has 1 aromatic carbocycles. The molecule has 0 aliphatic heterocycles. The molecule has 0 unspecified atom stereocenters. The molecule has 1 fully saturated rings. The van der Waals surface area contributed by atoms with Crippen molar-refractivity contribution < 1.29 is 19.1 Å². The van der Waals surface area contributed by atoms with Crippen molar-refractivity contribution in [3.63, 3.8) is 0 Å². The Morgan fingerprint density at radius 2 is 1.90 bits per heavy atom. The first-order chi connectivity index (χ1) is 14.5. The number of methoxy groups -OCH3 is 2. The first-order valence-electron chi connectivity index (χ1n) is 9.59. The van der Waals surface area contributed by atoms with E-state index in [1.54, 1.807) is 38.7 Å². The molecule has 1 aliphatic rings. The third-order valence-electron chi connectivity index (χ3n) is 5.07. The average Bonchev–Trinajstić information content (AvgIpc) is 3.60. The van der Waals surface area contributed by atoms with Crippen molar-refractivity contribution in [1.29, 1.82) is 0 Å². The fourth-order valence-electron chi connectivity index (χ4n) is 3.33. The number of rotatable bonds is 6. The van der Waals surface area contributed by atoms with Crippen molar-refractivity contribution in [2.75, 3.05) is 26.6 Å². The van der Waals surface area contributed by atoms with Crippen molar-refractivity contribution in [3.05, 3.63) is 47.9 Å². The van der Waals surface area contributed by atoms with Gasteiger partial charge in [-0.15, -0.1) is 0 Å². The number of carbonyl (C=O) groups excluding carboxylic acids is 2. The number of aromatic nitrogens is 2. The number of fused-ring (bicyclic) bond motifs is 1. The smallest absolute Gasteiger partial charge is 0.356 e. The molecule has 0 saturated heterocycles. The molecule has 2 aromatic heterocycles. The highest BCUT2D eigenvalue weighted by Crippen LogP contribution is 2.37. The average molecular weight is 406 g/mol. The van der Waals surface area contributed by atoms with Gasteiger partial charge in [0.05, 0.1) is 31.0 Å². The number of nitrogens with zero attached hydrogens (tertiary/aromatic N) is 2. The number of amides is 1. The molecule has 8 nitrogen and oxygen atoms in total. The molecule has 1 saturated carbocycles. The standard InChI is InChI=1S/C22H22N4O4/c1-23-20-15-8-14(12-4-7-17(24-10-12)22(28)30-3)19(29-2)9-18(15)25-11-16(20)21(27)26-13-5-6-13/h4,7-11,13H,5-6H2,1-3H3,(H,23,25)(H,26,27). The number of pyridine rings is 2. The van der Waals surface area contributed by atoms with Crippen molar-refractivity contribution >= 4 is 28.5 Å². The lowest BCUT2D eigenvalue weighted by molar-refractivity contribution is 0.0594. The minimum absolute atomic E-state index is 0.141. The first kappa shape index (κ1) is 19.6. The molecular weight excluding hydrogens is 384 g/mol. The van der Waals surface area contributed by atoms with Gasteiger partial charge in [0, 0.05) is 48.1 Å². The third kappa shape index (κ3) is 3.63. The zero-order chi connectivity index (χ0) is 21.3. The van der Waals surface area contributed by atoms with E-state index >= 15 is 0 Å². The Kier molecular flexibility index (Phi) is 5.22. The minimum Gasteiger partial charge on any atom is -0.496 e. The Morgan fingerprint density at radius 3 is 2.50 bits per heavy atom. The summed E-state index contributed by atoms with van der Waals surface area (Å²) in [7, 11) is 4.67. The van der Waals surface area contributed by atoms with Crippen LogP contribution in [0, 0.1) is 0 Å². The molecular formula is C22H22N4O4. The van der Waals surface area contributed by atoms with Gasteiger partial charge in [0.15, 0.2) is 0 Å². The molecule has 1 amide bonds. The molecule has 4 rings (SSSR count). The van der Waals surface area contributed by atoms with Gasteiger partial charge in [-0.1, -0.05) is 6.07 Å². The van der Waals surface area contributed by atoms with Crippen LogP contribution in [0.25, 0.3) is 22.0 Å². The molecule has 30 heavy (non-hydrogen) atoms. The SMILES string of the molecule is CNc1c(C(=O)NC2CC2)cnc2cc(OC)c(-c3ccc(C(=O)OC)nc3)cc12. The van der Waals surface area contributed by atoms with Gasteiger partial charge in [0.25, 0.3) is 5.91 Å². The summed E-state index contributed by atoms with van der Waals surface area (Å²) in [5.41, 5.74) is 3.64. The highest BCUT2D eigenvalue weighted by Gasteiger charge is 2.26. The van der Waals surface area contributed by atoms with Crippen LogP contribution in [0.4, 0.5) is 5.69 Å². The predicted octanol–water partition coefficient (Wildman–Crippen LogP) is 3.03. The van der Waals surface area contributed by atoms with E-state index in [0.29, 0.717) is 22.5 Å². The zero-order valence-corrected chi connectivity index (χ0v) is 17.0. The molecule has 2 heterocycles. The monoisotopic (exact) mass is 406 g/mol. The summed E-state index contributed by atoms with van der Waals surface area (Å²) in [5, 5.41) is 6.93. The largest absolute Gasteiger partial charge is 0.496 e. The number of hydrogen-bond donors (Lipinski definition) is 2. The molecule has 0 radical (unpaired) electrons. The van der Waals surface area contributed by atoms with E-state index in [9.17, 15) is 9.59 Å². The third-order valence-corrected chi connectivity index (χ3v) is 5.07. The van der Waals surface area contributed by atoms with E-state index in [4.69, 9.17) is 9.47 Å². The topological polar surface area (TPSA) is 102 Å². The maximum absolute atomic E-state index is 12.7. The van der Waals surface area contributed by atoms with Gasteiger partial charge < -0.3 is 20.1 Å². The molecule has 1 aliphatic carbocycles. The lowest BCUT2D eigenvalue weighted by atomic mass is 10.0. The van der Waals surface area contributed by atoms with Gasteiger partial charge in [-0.05, 0) is 25.0 Å². The predicted molar refractivity (Wildman–Crippen MR) is 113 cm³/mol. The van der Waals surface area contributed by atoms with Gasteiger partial charge in [-0.25, -0.2) is 9.78 Å². The van der Waals surface area contributed by atoms with Crippen LogP contribution in [0.1, 0.15) is 33.7 Å². The van der Waals surface area contributed by atoms with Crippen molar-refractivity contribution in [2.24, 2.45) is 0 Å². The number of anilines is 1. The van der Waals surface area contributed by atoms with Crippen LogP contribution in [0.2, 0.25) is 0 Å². The zero-order valence-electron chi connectivity index (χ0n) is 17.0.